The molecule has 0 radical (unpaired) electrons. The number of nitrogens with zero attached hydrogens (tertiary/aromatic N) is 1. The van der Waals surface area contributed by atoms with Gasteiger partial charge in [-0.25, -0.2) is 4.79 Å². The van der Waals surface area contributed by atoms with Crippen molar-refractivity contribution < 1.29 is 23.9 Å². The van der Waals surface area contributed by atoms with Crippen LogP contribution in [0.2, 0.25) is 0 Å². The predicted molar refractivity (Wildman–Crippen MR) is 136 cm³/mol. The van der Waals surface area contributed by atoms with E-state index in [9.17, 15) is 14.4 Å². The fraction of sp³-hybridized carbons (Fsp3) is 0.464. The first-order valence-corrected chi connectivity index (χ1v) is 12.4. The summed E-state index contributed by atoms with van der Waals surface area (Å²) in [6.45, 7) is 5.19. The lowest BCUT2D eigenvalue weighted by atomic mass is 9.89. The first kappa shape index (κ1) is 25.7. The third-order valence-electron chi connectivity index (χ3n) is 6.56. The van der Waals surface area contributed by atoms with Crippen molar-refractivity contribution in [2.75, 3.05) is 20.2 Å². The number of nitrogens with one attached hydrogen (secondary N) is 2. The maximum Gasteiger partial charge on any atom is 0.408 e. The average Bonchev–Trinajstić information content (AvgIpc) is 3.58. The largest absolute Gasteiger partial charge is 0.444 e. The number of hydrogen-bond donors (Lipinski definition) is 2. The number of carbonyl (C=O) groups is 3. The molecular formula is C28H35N3O5. The van der Waals surface area contributed by atoms with Crippen molar-refractivity contribution in [2.45, 2.75) is 63.3 Å². The van der Waals surface area contributed by atoms with Gasteiger partial charge < -0.3 is 25.0 Å². The molecule has 4 rings (SSSR count). The van der Waals surface area contributed by atoms with Crippen LogP contribution in [0.1, 0.15) is 45.6 Å². The Labute approximate surface area is 212 Å². The molecule has 36 heavy (non-hydrogen) atoms. The molecule has 1 aliphatic heterocycles. The Bertz CT molecular complexity index is 1090. The van der Waals surface area contributed by atoms with Gasteiger partial charge in [0, 0.05) is 19.6 Å². The molecule has 3 amide bonds. The highest BCUT2D eigenvalue weighted by molar-refractivity contribution is 5.90. The molecule has 2 fully saturated rings. The molecule has 8 nitrogen and oxygen atoms in total. The number of likely N-dealkylation sites (tertiary alicyclic amines) is 1. The van der Waals surface area contributed by atoms with Crippen LogP contribution < -0.4 is 10.6 Å². The van der Waals surface area contributed by atoms with Gasteiger partial charge in [-0.15, -0.1) is 0 Å². The lowest BCUT2D eigenvalue weighted by molar-refractivity contribution is -0.138. The Morgan fingerprint density at radius 1 is 1.00 bits per heavy atom. The number of ether oxygens (including phenoxy) is 2. The number of hydrogen-bond acceptors (Lipinski definition) is 5. The first-order chi connectivity index (χ1) is 17.1. The highest BCUT2D eigenvalue weighted by Gasteiger charge is 2.50. The van der Waals surface area contributed by atoms with Crippen molar-refractivity contribution >= 4 is 17.9 Å². The van der Waals surface area contributed by atoms with Gasteiger partial charge in [-0.05, 0) is 50.3 Å². The summed E-state index contributed by atoms with van der Waals surface area (Å²) in [5.74, 6) is -0.556. The fourth-order valence-corrected chi connectivity index (χ4v) is 4.53. The molecule has 1 heterocycles. The fourth-order valence-electron chi connectivity index (χ4n) is 4.53. The zero-order chi connectivity index (χ0) is 25.9. The minimum atomic E-state index is -0.845. The van der Waals surface area contributed by atoms with E-state index < -0.39 is 23.3 Å². The van der Waals surface area contributed by atoms with E-state index in [4.69, 9.17) is 9.47 Å². The summed E-state index contributed by atoms with van der Waals surface area (Å²) in [6, 6.07) is 17.6. The summed E-state index contributed by atoms with van der Waals surface area (Å²) in [4.78, 5) is 40.0. The maximum atomic E-state index is 13.2. The van der Waals surface area contributed by atoms with Crippen molar-refractivity contribution in [3.05, 3.63) is 60.2 Å². The Hall–Kier alpha value is -3.39. The van der Waals surface area contributed by atoms with Gasteiger partial charge in [0.25, 0.3) is 0 Å². The van der Waals surface area contributed by atoms with Gasteiger partial charge in [0.15, 0.2) is 0 Å². The molecular weight excluding hydrogens is 458 g/mol. The molecule has 0 spiro atoms. The monoisotopic (exact) mass is 493 g/mol. The van der Waals surface area contributed by atoms with Gasteiger partial charge >= 0.3 is 6.09 Å². The van der Waals surface area contributed by atoms with E-state index in [-0.39, 0.29) is 30.9 Å². The maximum absolute atomic E-state index is 13.2. The van der Waals surface area contributed by atoms with Crippen LogP contribution in [0.4, 0.5) is 4.79 Å². The zero-order valence-corrected chi connectivity index (χ0v) is 21.4. The smallest absolute Gasteiger partial charge is 0.408 e. The van der Waals surface area contributed by atoms with E-state index in [0.717, 1.165) is 29.5 Å². The van der Waals surface area contributed by atoms with Crippen molar-refractivity contribution in [3.8, 4) is 11.1 Å². The molecule has 2 N–H and O–H groups in total. The van der Waals surface area contributed by atoms with E-state index in [2.05, 4.69) is 10.6 Å². The third-order valence-corrected chi connectivity index (χ3v) is 6.56. The molecule has 1 saturated carbocycles. The Kier molecular flexibility index (Phi) is 7.36. The van der Waals surface area contributed by atoms with Crippen LogP contribution in [-0.4, -0.2) is 60.7 Å². The molecule has 8 heteroatoms. The van der Waals surface area contributed by atoms with Crippen LogP contribution in [0.3, 0.4) is 0 Å². The predicted octanol–water partition coefficient (Wildman–Crippen LogP) is 3.60. The third kappa shape index (κ3) is 6.05. The van der Waals surface area contributed by atoms with Crippen LogP contribution >= 0.6 is 0 Å². The van der Waals surface area contributed by atoms with E-state index >= 15 is 0 Å². The molecule has 0 aromatic heterocycles. The Balaban J connectivity index is 1.54. The van der Waals surface area contributed by atoms with E-state index in [0.29, 0.717) is 6.42 Å². The van der Waals surface area contributed by atoms with E-state index in [1.54, 1.807) is 27.9 Å². The minimum absolute atomic E-state index is 0.164. The highest BCUT2D eigenvalue weighted by atomic mass is 16.6. The summed E-state index contributed by atoms with van der Waals surface area (Å²) in [6.07, 6.45) is 1.54. The number of carbonyl (C=O) groups excluding carboxylic acids is 3. The summed E-state index contributed by atoms with van der Waals surface area (Å²) < 4.78 is 11.3. The van der Waals surface area contributed by atoms with Crippen molar-refractivity contribution in [1.82, 2.24) is 15.5 Å². The second-order valence-corrected chi connectivity index (χ2v) is 10.5. The molecule has 192 valence electrons. The summed E-state index contributed by atoms with van der Waals surface area (Å²) in [7, 11) is 1.61. The molecule has 0 bridgehead atoms. The lowest BCUT2D eigenvalue weighted by Gasteiger charge is -2.28. The minimum Gasteiger partial charge on any atom is -0.444 e. The van der Waals surface area contributed by atoms with Gasteiger partial charge in [0.05, 0.1) is 6.54 Å². The Morgan fingerprint density at radius 2 is 1.64 bits per heavy atom. The molecule has 1 aliphatic carbocycles. The van der Waals surface area contributed by atoms with Gasteiger partial charge in [0.1, 0.15) is 23.8 Å². The average molecular weight is 494 g/mol. The van der Waals surface area contributed by atoms with Gasteiger partial charge in [-0.2, -0.15) is 0 Å². The van der Waals surface area contributed by atoms with Crippen LogP contribution in [0.15, 0.2) is 54.6 Å². The molecule has 2 aromatic rings. The molecule has 2 atom stereocenters. The van der Waals surface area contributed by atoms with E-state index in [1.807, 2.05) is 54.6 Å². The number of methoxy groups -OCH3 is 1. The van der Waals surface area contributed by atoms with Crippen molar-refractivity contribution in [1.29, 1.82) is 0 Å². The van der Waals surface area contributed by atoms with Gasteiger partial charge in [0.2, 0.25) is 11.8 Å². The molecule has 0 unspecified atom stereocenters. The number of alkyl carbamates (subject to hydrolysis) is 1. The second kappa shape index (κ2) is 10.3. The molecule has 1 saturated heterocycles. The van der Waals surface area contributed by atoms with E-state index in [1.165, 1.54) is 4.90 Å². The highest BCUT2D eigenvalue weighted by Crippen LogP contribution is 2.40. The topological polar surface area (TPSA) is 97.0 Å². The SMILES string of the molecule is CO[C@@]1(c2ccc(-c3ccccc3)cc2)C[C@@H](C(=O)NC2CC2)N(C(=O)CNC(=O)OC(C)(C)C)C1. The summed E-state index contributed by atoms with van der Waals surface area (Å²) >= 11 is 0. The quantitative estimate of drug-likeness (QED) is 0.614. The molecule has 2 aromatic carbocycles. The normalized spacial score (nSPS) is 21.7. The lowest BCUT2D eigenvalue weighted by Crippen LogP contribution is -2.49. The first-order valence-electron chi connectivity index (χ1n) is 12.4. The molecule has 2 aliphatic rings. The van der Waals surface area contributed by atoms with Crippen LogP contribution in [0, 0.1) is 0 Å². The van der Waals surface area contributed by atoms with Crippen molar-refractivity contribution in [3.63, 3.8) is 0 Å². The number of benzene rings is 2. The van der Waals surface area contributed by atoms with Crippen LogP contribution in [0.5, 0.6) is 0 Å². The second-order valence-electron chi connectivity index (χ2n) is 10.5. The number of amides is 3. The zero-order valence-electron chi connectivity index (χ0n) is 21.4. The van der Waals surface area contributed by atoms with Crippen LogP contribution in [0.25, 0.3) is 11.1 Å². The van der Waals surface area contributed by atoms with Crippen LogP contribution in [-0.2, 0) is 24.7 Å². The Morgan fingerprint density at radius 3 is 2.22 bits per heavy atom. The number of rotatable bonds is 7. The van der Waals surface area contributed by atoms with Gasteiger partial charge in [-0.1, -0.05) is 54.6 Å². The standard InChI is InChI=1S/C28H35N3O5/c1-27(2,3)36-26(34)29-17-24(32)31-18-28(35-4,16-23(31)25(33)30-22-14-15-22)21-12-10-20(11-13-21)19-8-6-5-7-9-19/h5-13,22-23H,14-18H2,1-4H3,(H,29,34)(H,30,33)/t23-,28-/m0/s1. The van der Waals surface area contributed by atoms with Crippen molar-refractivity contribution in [2.24, 2.45) is 0 Å². The summed E-state index contributed by atoms with van der Waals surface area (Å²) in [5, 5.41) is 5.53. The van der Waals surface area contributed by atoms with Gasteiger partial charge in [-0.3, -0.25) is 9.59 Å². The summed E-state index contributed by atoms with van der Waals surface area (Å²) in [5.41, 5.74) is 1.55.